The first-order valence-corrected chi connectivity index (χ1v) is 7.73. The molecular weight excluding hydrogens is 420 g/mol. The monoisotopic (exact) mass is 430 g/mol. The lowest BCUT2D eigenvalue weighted by Crippen LogP contribution is -2.27. The Hall–Kier alpha value is -1.67. The van der Waals surface area contributed by atoms with E-state index in [0.29, 0.717) is 26.0 Å². The maximum atomic E-state index is 12.4. The van der Waals surface area contributed by atoms with E-state index in [1.807, 2.05) is 0 Å². The fourth-order valence-electron chi connectivity index (χ4n) is 1.81. The van der Waals surface area contributed by atoms with Gasteiger partial charge in [-0.05, 0) is 44.0 Å². The molecule has 0 aliphatic carbocycles. The molecule has 2 rings (SSSR count). The highest BCUT2D eigenvalue weighted by molar-refractivity contribution is 9.13. The van der Waals surface area contributed by atoms with Gasteiger partial charge in [-0.2, -0.15) is 5.10 Å². The van der Waals surface area contributed by atoms with Crippen LogP contribution >= 0.6 is 31.9 Å². The van der Waals surface area contributed by atoms with E-state index in [1.165, 1.54) is 20.4 Å². The van der Waals surface area contributed by atoms with Gasteiger partial charge in [-0.15, -0.1) is 0 Å². The second-order valence-electron chi connectivity index (χ2n) is 4.26. The van der Waals surface area contributed by atoms with Crippen LogP contribution in [0, 0.1) is 0 Å². The molecule has 0 N–H and O–H groups in total. The number of hydrogen-bond donors (Lipinski definition) is 0. The highest BCUT2D eigenvalue weighted by Gasteiger charge is 2.16. The molecule has 0 fully saturated rings. The van der Waals surface area contributed by atoms with E-state index in [-0.39, 0.29) is 12.3 Å². The van der Waals surface area contributed by atoms with Gasteiger partial charge >= 0.3 is 0 Å². The molecule has 0 unspecified atom stereocenters. The summed E-state index contributed by atoms with van der Waals surface area (Å²) in [4.78, 5) is 24.4. The van der Waals surface area contributed by atoms with Crippen molar-refractivity contribution in [1.29, 1.82) is 0 Å². The SMILES string of the molecule is COc1ccc(C(=O)Cn2ncc(Br)c(Br)c2=O)c(OC)c1. The minimum Gasteiger partial charge on any atom is -0.497 e. The number of methoxy groups -OCH3 is 2. The van der Waals surface area contributed by atoms with Gasteiger partial charge in [-0.1, -0.05) is 0 Å². The smallest absolute Gasteiger partial charge is 0.282 e. The minimum atomic E-state index is -0.393. The average molecular weight is 432 g/mol. The summed E-state index contributed by atoms with van der Waals surface area (Å²) in [6.45, 7) is -0.187. The van der Waals surface area contributed by atoms with E-state index < -0.39 is 5.56 Å². The molecule has 0 spiro atoms. The highest BCUT2D eigenvalue weighted by Crippen LogP contribution is 2.25. The third-order valence-electron chi connectivity index (χ3n) is 2.94. The summed E-state index contributed by atoms with van der Waals surface area (Å²) in [5.74, 6) is 0.673. The molecule has 0 bridgehead atoms. The Labute approximate surface area is 143 Å². The van der Waals surface area contributed by atoms with Crippen LogP contribution in [-0.4, -0.2) is 29.8 Å². The molecule has 22 heavy (non-hydrogen) atoms. The van der Waals surface area contributed by atoms with Crippen molar-refractivity contribution in [2.24, 2.45) is 0 Å². The van der Waals surface area contributed by atoms with Gasteiger partial charge in [0.15, 0.2) is 5.78 Å². The van der Waals surface area contributed by atoms with Gasteiger partial charge in [0, 0.05) is 6.07 Å². The van der Waals surface area contributed by atoms with Crippen LogP contribution in [0.25, 0.3) is 0 Å². The molecule has 0 atom stereocenters. The first kappa shape index (κ1) is 16.7. The molecule has 0 saturated carbocycles. The maximum Gasteiger partial charge on any atom is 0.282 e. The molecule has 0 amide bonds. The van der Waals surface area contributed by atoms with Crippen LogP contribution in [0.15, 0.2) is 38.1 Å². The zero-order valence-corrected chi connectivity index (χ0v) is 15.0. The number of nitrogens with zero attached hydrogens (tertiary/aromatic N) is 2. The van der Waals surface area contributed by atoms with Crippen molar-refractivity contribution in [3.63, 3.8) is 0 Å². The Morgan fingerprint density at radius 2 is 2.00 bits per heavy atom. The molecule has 0 radical (unpaired) electrons. The van der Waals surface area contributed by atoms with E-state index in [1.54, 1.807) is 18.2 Å². The summed E-state index contributed by atoms with van der Waals surface area (Å²) < 4.78 is 12.2. The van der Waals surface area contributed by atoms with Crippen molar-refractivity contribution in [2.75, 3.05) is 14.2 Å². The third kappa shape index (κ3) is 3.38. The van der Waals surface area contributed by atoms with Crippen LogP contribution in [-0.2, 0) is 6.54 Å². The molecule has 1 heterocycles. The summed E-state index contributed by atoms with van der Waals surface area (Å²) >= 11 is 6.34. The second kappa shape index (κ2) is 7.06. The number of aromatic nitrogens is 2. The number of ether oxygens (including phenoxy) is 2. The summed E-state index contributed by atoms with van der Waals surface area (Å²) in [6, 6.07) is 4.86. The maximum absolute atomic E-state index is 12.4. The fraction of sp³-hybridized carbons (Fsp3) is 0.214. The van der Waals surface area contributed by atoms with E-state index >= 15 is 0 Å². The molecule has 2 aromatic rings. The zero-order valence-electron chi connectivity index (χ0n) is 11.8. The van der Waals surface area contributed by atoms with Crippen molar-refractivity contribution in [2.45, 2.75) is 6.54 Å². The number of carbonyl (C=O) groups excluding carboxylic acids is 1. The number of hydrogen-bond acceptors (Lipinski definition) is 5. The van der Waals surface area contributed by atoms with E-state index in [2.05, 4.69) is 37.0 Å². The topological polar surface area (TPSA) is 70.4 Å². The predicted octanol–water partition coefficient (Wildman–Crippen LogP) is 2.67. The standard InChI is InChI=1S/C14H12Br2N2O4/c1-21-8-3-4-9(12(5-8)22-2)11(19)7-18-14(20)13(16)10(15)6-17-18/h3-6H,7H2,1-2H3. The average Bonchev–Trinajstić information content (AvgIpc) is 2.54. The Morgan fingerprint density at radius 3 is 2.64 bits per heavy atom. The van der Waals surface area contributed by atoms with Crippen LogP contribution in [0.1, 0.15) is 10.4 Å². The van der Waals surface area contributed by atoms with Crippen LogP contribution in [0.2, 0.25) is 0 Å². The van der Waals surface area contributed by atoms with Crippen molar-refractivity contribution in [3.8, 4) is 11.5 Å². The molecular formula is C14H12Br2N2O4. The number of carbonyl (C=O) groups is 1. The molecule has 1 aromatic carbocycles. The molecule has 0 saturated heterocycles. The normalized spacial score (nSPS) is 10.4. The van der Waals surface area contributed by atoms with Gasteiger partial charge in [-0.25, -0.2) is 4.68 Å². The zero-order chi connectivity index (χ0) is 16.3. The predicted molar refractivity (Wildman–Crippen MR) is 87.8 cm³/mol. The lowest BCUT2D eigenvalue weighted by atomic mass is 10.1. The van der Waals surface area contributed by atoms with Crippen molar-refractivity contribution in [3.05, 3.63) is 49.3 Å². The molecule has 1 aromatic heterocycles. The molecule has 8 heteroatoms. The van der Waals surface area contributed by atoms with E-state index in [9.17, 15) is 9.59 Å². The third-order valence-corrected chi connectivity index (χ3v) is 4.84. The number of Topliss-reactive ketones (excluding diaryl/α,β-unsaturated/α-hetero) is 1. The molecule has 0 aliphatic heterocycles. The number of ketones is 1. The summed E-state index contributed by atoms with van der Waals surface area (Å²) in [6.07, 6.45) is 1.45. The molecule has 0 aliphatic rings. The second-order valence-corrected chi connectivity index (χ2v) is 5.91. The van der Waals surface area contributed by atoms with Gasteiger partial charge in [-0.3, -0.25) is 9.59 Å². The Morgan fingerprint density at radius 1 is 1.27 bits per heavy atom. The van der Waals surface area contributed by atoms with Crippen LogP contribution in [0.3, 0.4) is 0 Å². The summed E-state index contributed by atoms with van der Waals surface area (Å²) in [5, 5.41) is 3.93. The van der Waals surface area contributed by atoms with Gasteiger partial charge in [0.1, 0.15) is 22.5 Å². The van der Waals surface area contributed by atoms with E-state index in [4.69, 9.17) is 9.47 Å². The Bertz CT molecular complexity index is 774. The first-order valence-electron chi connectivity index (χ1n) is 6.14. The summed E-state index contributed by atoms with van der Waals surface area (Å²) in [5.41, 5.74) is -0.0359. The van der Waals surface area contributed by atoms with Gasteiger partial charge in [0.05, 0.1) is 30.5 Å². The Kier molecular flexibility index (Phi) is 5.36. The quantitative estimate of drug-likeness (QED) is 0.680. The van der Waals surface area contributed by atoms with Crippen LogP contribution in [0.4, 0.5) is 0 Å². The van der Waals surface area contributed by atoms with Gasteiger partial charge in [0.2, 0.25) is 0 Å². The summed E-state index contributed by atoms with van der Waals surface area (Å²) in [7, 11) is 2.99. The fourth-order valence-corrected chi connectivity index (χ4v) is 2.38. The van der Waals surface area contributed by atoms with E-state index in [0.717, 1.165) is 4.68 Å². The van der Waals surface area contributed by atoms with Crippen LogP contribution in [0.5, 0.6) is 11.5 Å². The first-order chi connectivity index (χ1) is 10.5. The van der Waals surface area contributed by atoms with Crippen molar-refractivity contribution >= 4 is 37.6 Å². The number of benzene rings is 1. The van der Waals surface area contributed by atoms with Crippen molar-refractivity contribution in [1.82, 2.24) is 9.78 Å². The largest absolute Gasteiger partial charge is 0.497 e. The molecule has 6 nitrogen and oxygen atoms in total. The van der Waals surface area contributed by atoms with Gasteiger partial charge in [0.25, 0.3) is 5.56 Å². The lowest BCUT2D eigenvalue weighted by Gasteiger charge is -2.10. The minimum absolute atomic E-state index is 0.187. The number of halogens is 2. The molecule has 116 valence electrons. The van der Waals surface area contributed by atoms with Gasteiger partial charge < -0.3 is 9.47 Å². The lowest BCUT2D eigenvalue weighted by molar-refractivity contribution is 0.0962. The Balaban J connectivity index is 2.34. The van der Waals surface area contributed by atoms with Crippen molar-refractivity contribution < 1.29 is 14.3 Å². The number of rotatable bonds is 5. The highest BCUT2D eigenvalue weighted by atomic mass is 79.9. The van der Waals surface area contributed by atoms with Crippen LogP contribution < -0.4 is 15.0 Å².